The summed E-state index contributed by atoms with van der Waals surface area (Å²) in [7, 11) is 0. The van der Waals surface area contributed by atoms with Crippen LogP contribution in [0.5, 0.6) is 5.75 Å². The number of hydrogen-bond donors (Lipinski definition) is 1. The number of rotatable bonds is 6. The maximum absolute atomic E-state index is 12.4. The Labute approximate surface area is 229 Å². The molecule has 0 atom stereocenters. The number of aliphatic hydroxyl groups is 1. The molecule has 1 aliphatic rings. The molecule has 0 saturated heterocycles. The minimum absolute atomic E-state index is 0.0791. The maximum atomic E-state index is 12.4. The lowest BCUT2D eigenvalue weighted by molar-refractivity contribution is 0.268. The van der Waals surface area contributed by atoms with Crippen molar-refractivity contribution in [1.82, 2.24) is 14.1 Å². The van der Waals surface area contributed by atoms with Gasteiger partial charge in [-0.25, -0.2) is 4.98 Å². The molecule has 0 spiro atoms. The molecule has 0 radical (unpaired) electrons. The highest BCUT2D eigenvalue weighted by molar-refractivity contribution is 5.61. The lowest BCUT2D eigenvalue weighted by atomic mass is 10.1. The van der Waals surface area contributed by atoms with Crippen LogP contribution in [0.1, 0.15) is 36.2 Å². The van der Waals surface area contributed by atoms with Gasteiger partial charge in [0.05, 0.1) is 18.5 Å². The molecule has 1 N–H and O–H groups in total. The SMILES string of the molecule is CC.O=c1ccn2c(c1OCc1ccccc1)-c1ncc(CO)n1CC2.c1ccc(Cc2ccccc2)cc1. The number of aromatic nitrogens is 3. The predicted octanol–water partition coefficient (Wildman–Crippen LogP) is 6.10. The Morgan fingerprint density at radius 2 is 1.36 bits per heavy atom. The highest BCUT2D eigenvalue weighted by atomic mass is 16.5. The second-order valence-corrected chi connectivity index (χ2v) is 8.86. The van der Waals surface area contributed by atoms with E-state index in [1.165, 1.54) is 17.2 Å². The second-order valence-electron chi connectivity index (χ2n) is 8.86. The fourth-order valence-electron chi connectivity index (χ4n) is 4.45. The third kappa shape index (κ3) is 6.92. The first-order valence-corrected chi connectivity index (χ1v) is 13.4. The van der Waals surface area contributed by atoms with Gasteiger partial charge in [-0.2, -0.15) is 0 Å². The van der Waals surface area contributed by atoms with E-state index in [4.69, 9.17) is 4.74 Å². The van der Waals surface area contributed by atoms with Crippen LogP contribution in [0.15, 0.2) is 114 Å². The van der Waals surface area contributed by atoms with Crippen LogP contribution in [-0.4, -0.2) is 19.2 Å². The van der Waals surface area contributed by atoms with Crippen LogP contribution in [-0.2, 0) is 32.7 Å². The van der Waals surface area contributed by atoms with E-state index in [2.05, 4.69) is 65.6 Å². The van der Waals surface area contributed by atoms with Crippen molar-refractivity contribution in [3.8, 4) is 17.3 Å². The summed E-state index contributed by atoms with van der Waals surface area (Å²) in [5.41, 5.74) is 4.97. The normalized spacial score (nSPS) is 11.2. The van der Waals surface area contributed by atoms with Crippen molar-refractivity contribution >= 4 is 0 Å². The monoisotopic (exact) mass is 521 g/mol. The van der Waals surface area contributed by atoms with Crippen molar-refractivity contribution in [2.24, 2.45) is 0 Å². The van der Waals surface area contributed by atoms with Crippen LogP contribution in [0.2, 0.25) is 0 Å². The topological polar surface area (TPSA) is 69.3 Å². The zero-order chi connectivity index (χ0) is 27.5. The summed E-state index contributed by atoms with van der Waals surface area (Å²) in [4.78, 5) is 16.8. The van der Waals surface area contributed by atoms with Gasteiger partial charge in [-0.3, -0.25) is 4.79 Å². The van der Waals surface area contributed by atoms with E-state index >= 15 is 0 Å². The van der Waals surface area contributed by atoms with Crippen LogP contribution >= 0.6 is 0 Å². The summed E-state index contributed by atoms with van der Waals surface area (Å²) in [5.74, 6) is 0.962. The maximum Gasteiger partial charge on any atom is 0.224 e. The van der Waals surface area contributed by atoms with Crippen LogP contribution in [0.4, 0.5) is 0 Å². The highest BCUT2D eigenvalue weighted by Gasteiger charge is 2.24. The van der Waals surface area contributed by atoms with Crippen LogP contribution < -0.4 is 10.2 Å². The van der Waals surface area contributed by atoms with Crippen molar-refractivity contribution in [2.75, 3.05) is 0 Å². The third-order valence-corrected chi connectivity index (χ3v) is 6.33. The van der Waals surface area contributed by atoms with Gasteiger partial charge >= 0.3 is 0 Å². The van der Waals surface area contributed by atoms with Crippen molar-refractivity contribution in [2.45, 2.75) is 46.6 Å². The fourth-order valence-corrected chi connectivity index (χ4v) is 4.45. The van der Waals surface area contributed by atoms with Gasteiger partial charge < -0.3 is 19.0 Å². The molecular formula is C33H35N3O3. The van der Waals surface area contributed by atoms with Gasteiger partial charge in [0.15, 0.2) is 11.6 Å². The minimum atomic E-state index is -0.167. The molecular weight excluding hydrogens is 486 g/mol. The van der Waals surface area contributed by atoms with Crippen LogP contribution in [0, 0.1) is 0 Å². The molecule has 0 aliphatic carbocycles. The zero-order valence-corrected chi connectivity index (χ0v) is 22.5. The van der Waals surface area contributed by atoms with Crippen LogP contribution in [0.25, 0.3) is 11.5 Å². The Morgan fingerprint density at radius 3 is 1.92 bits per heavy atom. The van der Waals surface area contributed by atoms with Gasteiger partial charge in [0, 0.05) is 25.4 Å². The van der Waals surface area contributed by atoms with E-state index in [1.807, 2.05) is 53.3 Å². The highest BCUT2D eigenvalue weighted by Crippen LogP contribution is 2.31. The Balaban J connectivity index is 0.000000199. The molecule has 6 rings (SSSR count). The average Bonchev–Trinajstić information content (AvgIpc) is 3.43. The van der Waals surface area contributed by atoms with Crippen molar-refractivity contribution in [1.29, 1.82) is 0 Å². The molecule has 3 heterocycles. The Morgan fingerprint density at radius 1 is 0.795 bits per heavy atom. The molecule has 6 heteroatoms. The van der Waals surface area contributed by atoms with E-state index in [-0.39, 0.29) is 12.0 Å². The molecule has 39 heavy (non-hydrogen) atoms. The number of pyridine rings is 1. The minimum Gasteiger partial charge on any atom is -0.483 e. The number of hydrogen-bond acceptors (Lipinski definition) is 4. The van der Waals surface area contributed by atoms with Gasteiger partial charge in [-0.05, 0) is 23.1 Å². The van der Waals surface area contributed by atoms with E-state index in [0.717, 1.165) is 17.7 Å². The summed E-state index contributed by atoms with van der Waals surface area (Å²) >= 11 is 0. The number of aliphatic hydroxyl groups excluding tert-OH is 1. The Kier molecular flexibility index (Phi) is 9.86. The van der Waals surface area contributed by atoms with Crippen molar-refractivity contribution in [3.63, 3.8) is 0 Å². The molecule has 0 fully saturated rings. The molecule has 1 aliphatic heterocycles. The van der Waals surface area contributed by atoms with E-state index in [1.54, 1.807) is 12.4 Å². The largest absolute Gasteiger partial charge is 0.483 e. The second kappa shape index (κ2) is 13.9. The molecule has 5 aromatic rings. The van der Waals surface area contributed by atoms with Gasteiger partial charge in [0.25, 0.3) is 0 Å². The van der Waals surface area contributed by atoms with Gasteiger partial charge in [0.1, 0.15) is 12.3 Å². The first-order chi connectivity index (χ1) is 19.2. The summed E-state index contributed by atoms with van der Waals surface area (Å²) in [6, 6.07) is 32.3. The average molecular weight is 522 g/mol. The van der Waals surface area contributed by atoms with Crippen molar-refractivity contribution in [3.05, 3.63) is 142 Å². The third-order valence-electron chi connectivity index (χ3n) is 6.33. The number of benzene rings is 3. The van der Waals surface area contributed by atoms with Crippen molar-refractivity contribution < 1.29 is 9.84 Å². The smallest absolute Gasteiger partial charge is 0.224 e. The zero-order valence-electron chi connectivity index (χ0n) is 22.5. The summed E-state index contributed by atoms with van der Waals surface area (Å²) in [6.07, 6.45) is 4.44. The van der Waals surface area contributed by atoms with Gasteiger partial charge in [-0.15, -0.1) is 0 Å². The van der Waals surface area contributed by atoms with Gasteiger partial charge in [0.2, 0.25) is 5.43 Å². The van der Waals surface area contributed by atoms with Gasteiger partial charge in [-0.1, -0.05) is 105 Å². The molecule has 3 aromatic carbocycles. The number of aryl methyl sites for hydroxylation is 1. The summed E-state index contributed by atoms with van der Waals surface area (Å²) < 4.78 is 9.78. The summed E-state index contributed by atoms with van der Waals surface area (Å²) in [6.45, 7) is 5.65. The molecule has 0 bridgehead atoms. The Bertz CT molecular complexity index is 1460. The number of ether oxygens (including phenoxy) is 1. The quantitative estimate of drug-likeness (QED) is 0.293. The fraction of sp³-hybridized carbons (Fsp3) is 0.212. The van der Waals surface area contributed by atoms with Crippen LogP contribution in [0.3, 0.4) is 0 Å². The molecule has 0 unspecified atom stereocenters. The first kappa shape index (κ1) is 27.6. The molecule has 0 saturated carbocycles. The molecule has 0 amide bonds. The molecule has 200 valence electrons. The lowest BCUT2D eigenvalue weighted by Gasteiger charge is -2.23. The summed E-state index contributed by atoms with van der Waals surface area (Å²) in [5, 5.41) is 9.45. The lowest BCUT2D eigenvalue weighted by Crippen LogP contribution is -2.23. The molecule has 6 nitrogen and oxygen atoms in total. The van der Waals surface area contributed by atoms with E-state index in [0.29, 0.717) is 37.0 Å². The standard InChI is InChI=1S/C18H17N3O3.C13H12.C2H6/c22-11-14-10-19-18-16-17(24-12-13-4-2-1-3-5-13)15(23)6-7-20(16)8-9-21(14)18;1-3-7-12(8-4-1)11-13-9-5-2-6-10-13;1-2/h1-7,10,22H,8-9,11-12H2;1-10H,11H2;1-2H3. The predicted molar refractivity (Wildman–Crippen MR) is 156 cm³/mol. The number of nitrogens with zero attached hydrogens (tertiary/aromatic N) is 3. The Hall–Kier alpha value is -4.42. The number of imidazole rings is 1. The molecule has 2 aromatic heterocycles. The van der Waals surface area contributed by atoms with E-state index < -0.39 is 0 Å². The van der Waals surface area contributed by atoms with E-state index in [9.17, 15) is 9.90 Å². The first-order valence-electron chi connectivity index (χ1n) is 13.4. The number of fused-ring (bicyclic) bond motifs is 3.